The molecule has 6 nitrogen and oxygen atoms in total. The number of methoxy groups -OCH3 is 2. The van der Waals surface area contributed by atoms with Gasteiger partial charge in [0.25, 0.3) is 0 Å². The molecule has 26 heavy (non-hydrogen) atoms. The van der Waals surface area contributed by atoms with Crippen molar-refractivity contribution in [2.24, 2.45) is 5.92 Å². The van der Waals surface area contributed by atoms with Gasteiger partial charge in [0.2, 0.25) is 5.91 Å². The Balaban J connectivity index is 2.05. The van der Waals surface area contributed by atoms with Crippen LogP contribution >= 0.6 is 11.8 Å². The molecule has 0 aliphatic rings. The summed E-state index contributed by atoms with van der Waals surface area (Å²) >= 11 is 1.45. The third-order valence-electron chi connectivity index (χ3n) is 3.94. The SMILES string of the molecule is COc1cc(NC(=O)CSc2nc(C)c(C)n2CC(C)C)cc(OC)c1. The van der Waals surface area contributed by atoms with Crippen LogP contribution in [0.1, 0.15) is 25.2 Å². The fraction of sp³-hybridized carbons (Fsp3) is 0.474. The predicted molar refractivity (Wildman–Crippen MR) is 105 cm³/mol. The van der Waals surface area contributed by atoms with Gasteiger partial charge in [-0.15, -0.1) is 0 Å². The molecule has 1 aromatic heterocycles. The minimum atomic E-state index is -0.0975. The van der Waals surface area contributed by atoms with E-state index in [9.17, 15) is 4.79 Å². The molecule has 2 aromatic rings. The summed E-state index contributed by atoms with van der Waals surface area (Å²) in [6, 6.07) is 5.29. The van der Waals surface area contributed by atoms with Crippen molar-refractivity contribution in [3.8, 4) is 11.5 Å². The second-order valence-corrected chi connectivity index (χ2v) is 7.45. The lowest BCUT2D eigenvalue weighted by Gasteiger charge is -2.12. The third kappa shape index (κ3) is 5.17. The summed E-state index contributed by atoms with van der Waals surface area (Å²) in [4.78, 5) is 17.0. The molecular weight excluding hydrogens is 350 g/mol. The van der Waals surface area contributed by atoms with Gasteiger partial charge >= 0.3 is 0 Å². The number of benzene rings is 1. The fourth-order valence-electron chi connectivity index (χ4n) is 2.52. The van der Waals surface area contributed by atoms with Gasteiger partial charge in [0, 0.05) is 36.1 Å². The van der Waals surface area contributed by atoms with E-state index in [2.05, 4.69) is 35.6 Å². The molecule has 0 bridgehead atoms. The van der Waals surface area contributed by atoms with Crippen molar-refractivity contribution in [2.75, 3.05) is 25.3 Å². The second-order valence-electron chi connectivity index (χ2n) is 6.51. The van der Waals surface area contributed by atoms with Crippen LogP contribution in [0.25, 0.3) is 0 Å². The zero-order valence-corrected chi connectivity index (χ0v) is 17.1. The van der Waals surface area contributed by atoms with Gasteiger partial charge < -0.3 is 19.4 Å². The van der Waals surface area contributed by atoms with E-state index in [1.54, 1.807) is 32.4 Å². The molecule has 1 heterocycles. The van der Waals surface area contributed by atoms with Crippen molar-refractivity contribution in [3.63, 3.8) is 0 Å². The first kappa shape index (κ1) is 20.2. The molecule has 0 saturated heterocycles. The molecule has 142 valence electrons. The molecule has 0 aliphatic heterocycles. The zero-order chi connectivity index (χ0) is 19.3. The van der Waals surface area contributed by atoms with Crippen molar-refractivity contribution in [3.05, 3.63) is 29.6 Å². The van der Waals surface area contributed by atoms with Gasteiger partial charge in [-0.25, -0.2) is 4.98 Å². The molecule has 1 amide bonds. The highest BCUT2D eigenvalue weighted by atomic mass is 32.2. The van der Waals surface area contributed by atoms with E-state index in [1.165, 1.54) is 11.8 Å². The Morgan fingerprint density at radius 2 is 1.81 bits per heavy atom. The highest BCUT2D eigenvalue weighted by Crippen LogP contribution is 2.27. The molecule has 0 saturated carbocycles. The first-order valence-corrected chi connectivity index (χ1v) is 9.52. The van der Waals surface area contributed by atoms with Crippen LogP contribution in [0.4, 0.5) is 5.69 Å². The number of ether oxygens (including phenoxy) is 2. The number of imidazole rings is 1. The highest BCUT2D eigenvalue weighted by Gasteiger charge is 2.14. The topological polar surface area (TPSA) is 65.4 Å². The lowest BCUT2D eigenvalue weighted by atomic mass is 10.2. The zero-order valence-electron chi connectivity index (χ0n) is 16.3. The van der Waals surface area contributed by atoms with Gasteiger partial charge in [-0.05, 0) is 19.8 Å². The van der Waals surface area contributed by atoms with E-state index >= 15 is 0 Å². The summed E-state index contributed by atoms with van der Waals surface area (Å²) in [6.07, 6.45) is 0. The maximum absolute atomic E-state index is 12.4. The van der Waals surface area contributed by atoms with Crippen LogP contribution in [0.5, 0.6) is 11.5 Å². The Bertz CT molecular complexity index is 749. The lowest BCUT2D eigenvalue weighted by molar-refractivity contribution is -0.113. The van der Waals surface area contributed by atoms with Gasteiger partial charge in [-0.3, -0.25) is 4.79 Å². The minimum Gasteiger partial charge on any atom is -0.497 e. The largest absolute Gasteiger partial charge is 0.497 e. The molecule has 0 unspecified atom stereocenters. The number of nitrogens with one attached hydrogen (secondary N) is 1. The van der Waals surface area contributed by atoms with Crippen LogP contribution in [0.3, 0.4) is 0 Å². The Morgan fingerprint density at radius 1 is 1.19 bits per heavy atom. The van der Waals surface area contributed by atoms with Crippen LogP contribution in [-0.2, 0) is 11.3 Å². The molecule has 7 heteroatoms. The average molecular weight is 378 g/mol. The molecule has 0 spiro atoms. The molecule has 1 aromatic carbocycles. The predicted octanol–water partition coefficient (Wildman–Crippen LogP) is 3.90. The summed E-state index contributed by atoms with van der Waals surface area (Å²) in [7, 11) is 3.16. The van der Waals surface area contributed by atoms with Crippen molar-refractivity contribution in [2.45, 2.75) is 39.4 Å². The van der Waals surface area contributed by atoms with Crippen molar-refractivity contribution >= 4 is 23.4 Å². The Hall–Kier alpha value is -2.15. The summed E-state index contributed by atoms with van der Waals surface area (Å²) in [6.45, 7) is 9.30. The first-order valence-electron chi connectivity index (χ1n) is 8.53. The number of thioether (sulfide) groups is 1. The average Bonchev–Trinajstić information content (AvgIpc) is 2.86. The van der Waals surface area contributed by atoms with Crippen LogP contribution in [-0.4, -0.2) is 35.4 Å². The summed E-state index contributed by atoms with van der Waals surface area (Å²) in [5, 5.41) is 3.77. The van der Waals surface area contributed by atoms with Gasteiger partial charge in [-0.1, -0.05) is 25.6 Å². The molecule has 0 atom stereocenters. The number of rotatable bonds is 8. The summed E-state index contributed by atoms with van der Waals surface area (Å²) in [5.41, 5.74) is 2.80. The molecule has 0 aliphatic carbocycles. The highest BCUT2D eigenvalue weighted by molar-refractivity contribution is 7.99. The van der Waals surface area contributed by atoms with E-state index < -0.39 is 0 Å². The number of aromatic nitrogens is 2. The first-order chi connectivity index (χ1) is 12.3. The number of aryl methyl sites for hydroxylation is 1. The van der Waals surface area contributed by atoms with Gasteiger partial charge in [0.05, 0.1) is 25.7 Å². The van der Waals surface area contributed by atoms with Crippen molar-refractivity contribution in [1.82, 2.24) is 9.55 Å². The van der Waals surface area contributed by atoms with Gasteiger partial charge in [0.1, 0.15) is 11.5 Å². The van der Waals surface area contributed by atoms with Crippen molar-refractivity contribution < 1.29 is 14.3 Å². The lowest BCUT2D eigenvalue weighted by Crippen LogP contribution is -2.15. The molecule has 0 radical (unpaired) electrons. The van der Waals surface area contributed by atoms with Crippen LogP contribution < -0.4 is 14.8 Å². The maximum Gasteiger partial charge on any atom is 0.234 e. The quantitative estimate of drug-likeness (QED) is 0.707. The van der Waals surface area contributed by atoms with Crippen LogP contribution in [0, 0.1) is 19.8 Å². The second kappa shape index (κ2) is 8.98. The molecular formula is C19H27N3O3S. The molecule has 2 rings (SSSR count). The van der Waals surface area contributed by atoms with E-state index in [0.717, 1.165) is 23.1 Å². The number of hydrogen-bond donors (Lipinski definition) is 1. The van der Waals surface area contributed by atoms with E-state index in [4.69, 9.17) is 9.47 Å². The normalized spacial score (nSPS) is 10.9. The van der Waals surface area contributed by atoms with Gasteiger partial charge in [-0.2, -0.15) is 0 Å². The summed E-state index contributed by atoms with van der Waals surface area (Å²) < 4.78 is 12.6. The van der Waals surface area contributed by atoms with E-state index in [0.29, 0.717) is 23.1 Å². The number of nitrogens with zero attached hydrogens (tertiary/aromatic N) is 2. The monoisotopic (exact) mass is 377 g/mol. The van der Waals surface area contributed by atoms with Gasteiger partial charge in [0.15, 0.2) is 5.16 Å². The number of hydrogen-bond acceptors (Lipinski definition) is 5. The fourth-order valence-corrected chi connectivity index (χ4v) is 3.42. The maximum atomic E-state index is 12.4. The number of carbonyl (C=O) groups excluding carboxylic acids is 1. The molecule has 1 N–H and O–H groups in total. The van der Waals surface area contributed by atoms with E-state index in [-0.39, 0.29) is 11.7 Å². The molecule has 0 fully saturated rings. The minimum absolute atomic E-state index is 0.0975. The number of anilines is 1. The third-order valence-corrected chi connectivity index (χ3v) is 4.91. The van der Waals surface area contributed by atoms with Crippen molar-refractivity contribution in [1.29, 1.82) is 0 Å². The Kier molecular flexibility index (Phi) is 6.97. The Morgan fingerprint density at radius 3 is 2.35 bits per heavy atom. The Labute approximate surface area is 159 Å². The van der Waals surface area contributed by atoms with Crippen LogP contribution in [0.2, 0.25) is 0 Å². The van der Waals surface area contributed by atoms with E-state index in [1.807, 2.05) is 6.92 Å². The smallest absolute Gasteiger partial charge is 0.234 e. The number of carbonyl (C=O) groups is 1. The summed E-state index contributed by atoms with van der Waals surface area (Å²) in [5.74, 6) is 1.96. The number of amides is 1. The van der Waals surface area contributed by atoms with Crippen LogP contribution in [0.15, 0.2) is 23.4 Å². The standard InChI is InChI=1S/C19H27N3O3S/c1-12(2)10-22-14(4)13(3)20-19(22)26-11-18(23)21-15-7-16(24-5)9-17(8-15)25-6/h7-9,12H,10-11H2,1-6H3,(H,21,23).